The Balaban J connectivity index is 1.43. The van der Waals surface area contributed by atoms with E-state index in [1.54, 1.807) is 47.0 Å². The number of fused-ring (bicyclic) bond motifs is 1. The summed E-state index contributed by atoms with van der Waals surface area (Å²) in [5.74, 6) is -0.484. The first kappa shape index (κ1) is 24.3. The highest BCUT2D eigenvalue weighted by atomic mass is 19.1. The Morgan fingerprint density at radius 3 is 2.68 bits per heavy atom. The van der Waals surface area contributed by atoms with E-state index in [1.165, 1.54) is 6.07 Å². The lowest BCUT2D eigenvalue weighted by Gasteiger charge is -2.19. The fourth-order valence-corrected chi connectivity index (χ4v) is 4.88. The van der Waals surface area contributed by atoms with Gasteiger partial charge in [-0.1, -0.05) is 31.2 Å². The van der Waals surface area contributed by atoms with Crippen molar-refractivity contribution < 1.29 is 18.7 Å². The van der Waals surface area contributed by atoms with E-state index in [4.69, 9.17) is 15.5 Å². The third-order valence-electron chi connectivity index (χ3n) is 6.72. The molecule has 2 unspecified atom stereocenters. The minimum Gasteiger partial charge on any atom is -0.454 e. The van der Waals surface area contributed by atoms with Gasteiger partial charge in [0.1, 0.15) is 11.4 Å². The van der Waals surface area contributed by atoms with Crippen LogP contribution < -0.4 is 10.5 Å². The molecule has 4 aromatic rings. The van der Waals surface area contributed by atoms with E-state index in [1.807, 2.05) is 37.1 Å². The minimum absolute atomic E-state index is 0.0861. The summed E-state index contributed by atoms with van der Waals surface area (Å²) in [7, 11) is 0. The zero-order chi connectivity index (χ0) is 26.1. The molecular formula is C28H28FN5O3. The Kier molecular flexibility index (Phi) is 6.52. The fourth-order valence-electron chi connectivity index (χ4n) is 4.88. The molecule has 0 saturated carbocycles. The minimum atomic E-state index is -0.619. The van der Waals surface area contributed by atoms with Crippen LogP contribution >= 0.6 is 0 Å². The Labute approximate surface area is 213 Å². The monoisotopic (exact) mass is 501 g/mol. The molecular weight excluding hydrogens is 473 g/mol. The zero-order valence-electron chi connectivity index (χ0n) is 20.6. The standard InChI is InChI=1S/C28H28FN5O3/c1-3-6-17(2)28(36)33-14-13-19(16-33)21-15-31-34-25(26(30)35)24(32-27(21)34)18-9-11-20(12-10-18)37-23-8-5-4-7-22(23)29/h3-12,15,17,19,31H,13-14,16H2,1-2H3,(H2,30,35)/b6-3+. The molecule has 0 spiro atoms. The van der Waals surface area contributed by atoms with E-state index < -0.39 is 11.7 Å². The molecule has 0 bridgehead atoms. The summed E-state index contributed by atoms with van der Waals surface area (Å²) in [6.07, 6.45) is 6.43. The number of ether oxygens (including phenoxy) is 1. The van der Waals surface area contributed by atoms with Gasteiger partial charge in [-0.05, 0) is 49.7 Å². The number of rotatable bonds is 7. The number of amides is 2. The van der Waals surface area contributed by atoms with Gasteiger partial charge in [-0.3, -0.25) is 14.7 Å². The maximum absolute atomic E-state index is 13.9. The molecule has 2 atom stereocenters. The van der Waals surface area contributed by atoms with Gasteiger partial charge in [0.05, 0.1) is 5.92 Å². The Morgan fingerprint density at radius 2 is 1.97 bits per heavy atom. The molecule has 0 radical (unpaired) electrons. The van der Waals surface area contributed by atoms with Gasteiger partial charge in [-0.15, -0.1) is 0 Å². The third kappa shape index (κ3) is 4.60. The first-order valence-electron chi connectivity index (χ1n) is 12.2. The van der Waals surface area contributed by atoms with Gasteiger partial charge >= 0.3 is 0 Å². The lowest BCUT2D eigenvalue weighted by atomic mass is 10.0. The molecule has 8 nitrogen and oxygen atoms in total. The number of hydrogen-bond donors (Lipinski definition) is 2. The summed E-state index contributed by atoms with van der Waals surface area (Å²) in [5, 5.41) is 3.11. The summed E-state index contributed by atoms with van der Waals surface area (Å²) in [6.45, 7) is 5.06. The fraction of sp³-hybridized carbons (Fsp3) is 0.250. The molecule has 190 valence electrons. The Morgan fingerprint density at radius 1 is 1.22 bits per heavy atom. The lowest BCUT2D eigenvalue weighted by molar-refractivity contribution is -0.132. The van der Waals surface area contributed by atoms with Crippen molar-refractivity contribution in [2.24, 2.45) is 11.7 Å². The van der Waals surface area contributed by atoms with Gasteiger partial charge in [0.2, 0.25) is 5.91 Å². The van der Waals surface area contributed by atoms with Gasteiger partial charge in [0, 0.05) is 36.3 Å². The second-order valence-corrected chi connectivity index (χ2v) is 9.20. The largest absolute Gasteiger partial charge is 0.454 e. The van der Waals surface area contributed by atoms with Crippen LogP contribution in [0.25, 0.3) is 16.9 Å². The number of imidazole rings is 1. The maximum Gasteiger partial charge on any atom is 0.269 e. The number of halogens is 1. The highest BCUT2D eigenvalue weighted by Gasteiger charge is 2.32. The molecule has 1 fully saturated rings. The molecule has 1 aliphatic rings. The van der Waals surface area contributed by atoms with Gasteiger partial charge < -0.3 is 15.4 Å². The number of aromatic nitrogens is 3. The van der Waals surface area contributed by atoms with Crippen LogP contribution in [0.4, 0.5) is 4.39 Å². The average Bonchev–Trinajstić information content (AvgIpc) is 3.61. The molecule has 37 heavy (non-hydrogen) atoms. The number of hydrogen-bond acceptors (Lipinski definition) is 4. The number of carbonyl (C=O) groups is 2. The van der Waals surface area contributed by atoms with Crippen LogP contribution in [0.15, 0.2) is 66.9 Å². The normalized spacial score (nSPS) is 16.5. The van der Waals surface area contributed by atoms with Crippen molar-refractivity contribution in [1.82, 2.24) is 19.5 Å². The van der Waals surface area contributed by atoms with E-state index in [-0.39, 0.29) is 29.2 Å². The van der Waals surface area contributed by atoms with Crippen molar-refractivity contribution in [3.63, 3.8) is 0 Å². The van der Waals surface area contributed by atoms with Crippen LogP contribution in [0, 0.1) is 11.7 Å². The molecule has 2 aromatic carbocycles. The van der Waals surface area contributed by atoms with Crippen molar-refractivity contribution in [3.05, 3.63) is 84.0 Å². The SMILES string of the molecule is C/C=C/C(C)C(=O)N1CCC(c2c[nH]n3c(C(N)=O)c(-c4ccc(Oc5ccccc5F)cc4)nc23)C1. The maximum atomic E-state index is 13.9. The average molecular weight is 502 g/mol. The second kappa shape index (κ2) is 9.93. The Bertz CT molecular complexity index is 1490. The van der Waals surface area contributed by atoms with Gasteiger partial charge in [-0.2, -0.15) is 0 Å². The van der Waals surface area contributed by atoms with E-state index >= 15 is 0 Å². The van der Waals surface area contributed by atoms with Crippen molar-refractivity contribution in [3.8, 4) is 22.8 Å². The van der Waals surface area contributed by atoms with E-state index in [9.17, 15) is 14.0 Å². The van der Waals surface area contributed by atoms with Crippen LogP contribution in [0.5, 0.6) is 11.5 Å². The number of aromatic amines is 1. The molecule has 0 aliphatic carbocycles. The number of nitrogens with two attached hydrogens (primary N) is 1. The topological polar surface area (TPSA) is 106 Å². The van der Waals surface area contributed by atoms with E-state index in [0.29, 0.717) is 35.7 Å². The van der Waals surface area contributed by atoms with Crippen molar-refractivity contribution in [2.75, 3.05) is 13.1 Å². The summed E-state index contributed by atoms with van der Waals surface area (Å²) in [4.78, 5) is 31.9. The number of benzene rings is 2. The summed E-state index contributed by atoms with van der Waals surface area (Å²) < 4.78 is 21.2. The predicted octanol–water partition coefficient (Wildman–Crippen LogP) is 4.89. The summed E-state index contributed by atoms with van der Waals surface area (Å²) >= 11 is 0. The first-order chi connectivity index (χ1) is 17.9. The molecule has 2 aromatic heterocycles. The van der Waals surface area contributed by atoms with E-state index in [2.05, 4.69) is 5.10 Å². The lowest BCUT2D eigenvalue weighted by Crippen LogP contribution is -2.32. The first-order valence-corrected chi connectivity index (χ1v) is 12.2. The van der Waals surface area contributed by atoms with Gasteiger partial charge in [0.25, 0.3) is 5.91 Å². The number of carbonyl (C=O) groups excluding carboxylic acids is 2. The number of primary amides is 1. The summed E-state index contributed by atoms with van der Waals surface area (Å²) in [6, 6.07) is 13.0. The van der Waals surface area contributed by atoms with Gasteiger partial charge in [-0.25, -0.2) is 13.9 Å². The highest BCUT2D eigenvalue weighted by molar-refractivity contribution is 5.98. The number of allylic oxidation sites excluding steroid dienone is 1. The third-order valence-corrected chi connectivity index (χ3v) is 6.72. The zero-order valence-corrected chi connectivity index (χ0v) is 20.6. The predicted molar refractivity (Wildman–Crippen MR) is 138 cm³/mol. The quantitative estimate of drug-likeness (QED) is 0.352. The van der Waals surface area contributed by atoms with Crippen molar-refractivity contribution in [2.45, 2.75) is 26.2 Å². The van der Waals surface area contributed by atoms with E-state index in [0.717, 1.165) is 12.0 Å². The number of likely N-dealkylation sites (tertiary alicyclic amines) is 1. The smallest absolute Gasteiger partial charge is 0.269 e. The molecule has 9 heteroatoms. The number of para-hydroxylation sites is 1. The van der Waals surface area contributed by atoms with Crippen LogP contribution in [0.3, 0.4) is 0 Å². The van der Waals surface area contributed by atoms with Crippen molar-refractivity contribution in [1.29, 1.82) is 0 Å². The molecule has 5 rings (SSSR count). The second-order valence-electron chi connectivity index (χ2n) is 9.20. The highest BCUT2D eigenvalue weighted by Crippen LogP contribution is 2.34. The van der Waals surface area contributed by atoms with Crippen LogP contribution in [-0.2, 0) is 4.79 Å². The van der Waals surface area contributed by atoms with Crippen LogP contribution in [0.2, 0.25) is 0 Å². The molecule has 1 saturated heterocycles. The summed E-state index contributed by atoms with van der Waals surface area (Å²) in [5.41, 5.74) is 8.63. The van der Waals surface area contributed by atoms with Crippen LogP contribution in [0.1, 0.15) is 42.2 Å². The molecule has 3 heterocycles. The van der Waals surface area contributed by atoms with Crippen LogP contribution in [-0.4, -0.2) is 44.4 Å². The van der Waals surface area contributed by atoms with Gasteiger partial charge in [0.15, 0.2) is 22.9 Å². The molecule has 2 amide bonds. The van der Waals surface area contributed by atoms with Crippen molar-refractivity contribution >= 4 is 17.5 Å². The Hall–Kier alpha value is -4.40. The number of nitrogens with one attached hydrogen (secondary N) is 1. The number of nitrogens with zero attached hydrogens (tertiary/aromatic N) is 3. The molecule has 3 N–H and O–H groups in total. The molecule has 1 aliphatic heterocycles. The number of H-pyrrole nitrogens is 1.